The number of nitrogens with one attached hydrogen (secondary N) is 1. The summed E-state index contributed by atoms with van der Waals surface area (Å²) >= 11 is 12.1. The standard InChI is InChI=1S/C15H14Cl2N2O2/c1-9(2)21-14-4-3-10(7-12(14)16)19-15(20)11-5-6-18-8-13(11)17/h3-9H,1-2H3,(H,19,20). The molecule has 0 aliphatic heterocycles. The lowest BCUT2D eigenvalue weighted by atomic mass is 10.2. The van der Waals surface area contributed by atoms with Gasteiger partial charge in [-0.2, -0.15) is 0 Å². The summed E-state index contributed by atoms with van der Waals surface area (Å²) in [6, 6.07) is 6.62. The minimum atomic E-state index is -0.323. The molecule has 21 heavy (non-hydrogen) atoms. The lowest BCUT2D eigenvalue weighted by Crippen LogP contribution is -2.13. The van der Waals surface area contributed by atoms with Crippen LogP contribution >= 0.6 is 23.2 Å². The molecule has 0 atom stereocenters. The molecule has 0 aliphatic carbocycles. The van der Waals surface area contributed by atoms with Crippen molar-refractivity contribution in [3.05, 3.63) is 52.3 Å². The summed E-state index contributed by atoms with van der Waals surface area (Å²) in [4.78, 5) is 15.9. The van der Waals surface area contributed by atoms with Gasteiger partial charge in [0, 0.05) is 18.1 Å². The Morgan fingerprint density at radius 1 is 1.24 bits per heavy atom. The number of amides is 1. The number of hydrogen-bond acceptors (Lipinski definition) is 3. The zero-order valence-corrected chi connectivity index (χ0v) is 13.1. The normalized spacial score (nSPS) is 10.5. The predicted molar refractivity (Wildman–Crippen MR) is 84.4 cm³/mol. The third-order valence-corrected chi connectivity index (χ3v) is 3.17. The minimum absolute atomic E-state index is 0.0265. The molecule has 1 heterocycles. The quantitative estimate of drug-likeness (QED) is 0.905. The SMILES string of the molecule is CC(C)Oc1ccc(NC(=O)c2ccncc2Cl)cc1Cl. The van der Waals surface area contributed by atoms with Gasteiger partial charge >= 0.3 is 0 Å². The molecule has 0 saturated carbocycles. The van der Waals surface area contributed by atoms with Crippen LogP contribution in [0.3, 0.4) is 0 Å². The first kappa shape index (κ1) is 15.6. The summed E-state index contributed by atoms with van der Waals surface area (Å²) in [6.07, 6.45) is 2.95. The fourth-order valence-electron chi connectivity index (χ4n) is 1.69. The van der Waals surface area contributed by atoms with Crippen molar-refractivity contribution in [2.75, 3.05) is 5.32 Å². The molecular formula is C15H14Cl2N2O2. The van der Waals surface area contributed by atoms with Crippen molar-refractivity contribution in [1.29, 1.82) is 0 Å². The number of benzene rings is 1. The number of hydrogen-bond donors (Lipinski definition) is 1. The Labute approximate surface area is 133 Å². The van der Waals surface area contributed by atoms with Gasteiger partial charge in [0.15, 0.2) is 0 Å². The van der Waals surface area contributed by atoms with Crippen LogP contribution in [0.1, 0.15) is 24.2 Å². The van der Waals surface area contributed by atoms with Crippen LogP contribution < -0.4 is 10.1 Å². The van der Waals surface area contributed by atoms with Crippen molar-refractivity contribution in [3.63, 3.8) is 0 Å². The van der Waals surface area contributed by atoms with Crippen molar-refractivity contribution in [2.24, 2.45) is 0 Å². The highest BCUT2D eigenvalue weighted by Gasteiger charge is 2.11. The Bertz CT molecular complexity index is 660. The van der Waals surface area contributed by atoms with Crippen LogP contribution in [0.25, 0.3) is 0 Å². The number of carbonyl (C=O) groups excluding carboxylic acids is 1. The van der Waals surface area contributed by atoms with Gasteiger partial charge < -0.3 is 10.1 Å². The van der Waals surface area contributed by atoms with E-state index in [9.17, 15) is 4.79 Å². The molecule has 0 spiro atoms. The maximum absolute atomic E-state index is 12.1. The zero-order chi connectivity index (χ0) is 15.4. The smallest absolute Gasteiger partial charge is 0.257 e. The zero-order valence-electron chi connectivity index (χ0n) is 11.6. The Kier molecular flexibility index (Phi) is 5.04. The first-order chi connectivity index (χ1) is 9.97. The van der Waals surface area contributed by atoms with Crippen LogP contribution in [0.4, 0.5) is 5.69 Å². The van der Waals surface area contributed by atoms with E-state index >= 15 is 0 Å². The predicted octanol–water partition coefficient (Wildman–Crippen LogP) is 4.43. The van der Waals surface area contributed by atoms with Gasteiger partial charge in [0.1, 0.15) is 5.75 Å². The van der Waals surface area contributed by atoms with Crippen LogP contribution in [0.5, 0.6) is 5.75 Å². The number of carbonyl (C=O) groups is 1. The lowest BCUT2D eigenvalue weighted by Gasteiger charge is -2.13. The van der Waals surface area contributed by atoms with Gasteiger partial charge in [0.25, 0.3) is 5.91 Å². The van der Waals surface area contributed by atoms with Gasteiger partial charge in [-0.1, -0.05) is 23.2 Å². The monoisotopic (exact) mass is 324 g/mol. The highest BCUT2D eigenvalue weighted by molar-refractivity contribution is 6.34. The number of halogens is 2. The molecule has 0 aliphatic rings. The second-order valence-corrected chi connectivity index (χ2v) is 5.44. The Hall–Kier alpha value is -1.78. The third-order valence-electron chi connectivity index (χ3n) is 2.57. The number of nitrogens with zero attached hydrogens (tertiary/aromatic N) is 1. The summed E-state index contributed by atoms with van der Waals surface area (Å²) in [5.41, 5.74) is 0.916. The maximum Gasteiger partial charge on any atom is 0.257 e. The third kappa shape index (κ3) is 4.09. The summed E-state index contributed by atoms with van der Waals surface area (Å²) in [5.74, 6) is 0.252. The van der Waals surface area contributed by atoms with E-state index in [0.717, 1.165) is 0 Å². The highest BCUT2D eigenvalue weighted by atomic mass is 35.5. The molecule has 2 aromatic rings. The molecule has 110 valence electrons. The van der Waals surface area contributed by atoms with Crippen molar-refractivity contribution < 1.29 is 9.53 Å². The van der Waals surface area contributed by atoms with E-state index in [1.54, 1.807) is 24.3 Å². The minimum Gasteiger partial charge on any atom is -0.489 e. The molecule has 0 saturated heterocycles. The maximum atomic E-state index is 12.1. The van der Waals surface area contributed by atoms with E-state index in [1.807, 2.05) is 13.8 Å². The highest BCUT2D eigenvalue weighted by Crippen LogP contribution is 2.29. The van der Waals surface area contributed by atoms with Crippen molar-refractivity contribution >= 4 is 34.8 Å². The molecule has 6 heteroatoms. The van der Waals surface area contributed by atoms with Crippen LogP contribution in [-0.2, 0) is 0 Å². The van der Waals surface area contributed by atoms with Gasteiger partial charge in [-0.15, -0.1) is 0 Å². The first-order valence-corrected chi connectivity index (χ1v) is 7.10. The Morgan fingerprint density at radius 3 is 2.62 bits per heavy atom. The molecular weight excluding hydrogens is 311 g/mol. The van der Waals surface area contributed by atoms with Crippen molar-refractivity contribution in [1.82, 2.24) is 4.98 Å². The summed E-state index contributed by atoms with van der Waals surface area (Å²) < 4.78 is 5.53. The topological polar surface area (TPSA) is 51.2 Å². The van der Waals surface area contributed by atoms with Gasteiger partial charge in [-0.25, -0.2) is 0 Å². The average Bonchev–Trinajstić information content (AvgIpc) is 2.42. The molecule has 2 rings (SSSR count). The first-order valence-electron chi connectivity index (χ1n) is 6.34. The second kappa shape index (κ2) is 6.78. The van der Waals surface area contributed by atoms with E-state index in [2.05, 4.69) is 10.3 Å². The van der Waals surface area contributed by atoms with Gasteiger partial charge in [-0.05, 0) is 38.1 Å². The van der Waals surface area contributed by atoms with E-state index in [1.165, 1.54) is 12.4 Å². The molecule has 0 fully saturated rings. The van der Waals surface area contributed by atoms with Crippen molar-refractivity contribution in [2.45, 2.75) is 20.0 Å². The molecule has 4 nitrogen and oxygen atoms in total. The lowest BCUT2D eigenvalue weighted by molar-refractivity contribution is 0.102. The van der Waals surface area contributed by atoms with Crippen molar-refractivity contribution in [3.8, 4) is 5.75 Å². The second-order valence-electron chi connectivity index (χ2n) is 4.62. The number of pyridine rings is 1. The Balaban J connectivity index is 2.15. The fourth-order valence-corrected chi connectivity index (χ4v) is 2.12. The molecule has 1 N–H and O–H groups in total. The van der Waals surface area contributed by atoms with E-state index in [0.29, 0.717) is 27.0 Å². The van der Waals surface area contributed by atoms with Gasteiger partial charge in [0.05, 0.1) is 21.7 Å². The molecule has 0 radical (unpaired) electrons. The number of aromatic nitrogens is 1. The van der Waals surface area contributed by atoms with E-state index in [-0.39, 0.29) is 12.0 Å². The summed E-state index contributed by atoms with van der Waals surface area (Å²) in [5, 5.41) is 3.45. The molecule has 1 amide bonds. The van der Waals surface area contributed by atoms with Crippen LogP contribution in [0, 0.1) is 0 Å². The fraction of sp³-hybridized carbons (Fsp3) is 0.200. The van der Waals surface area contributed by atoms with Gasteiger partial charge in [0.2, 0.25) is 0 Å². The average molecular weight is 325 g/mol. The molecule has 0 bridgehead atoms. The summed E-state index contributed by atoms with van der Waals surface area (Å²) in [7, 11) is 0. The van der Waals surface area contributed by atoms with E-state index in [4.69, 9.17) is 27.9 Å². The van der Waals surface area contributed by atoms with Crippen LogP contribution in [-0.4, -0.2) is 17.0 Å². The Morgan fingerprint density at radius 2 is 2.00 bits per heavy atom. The van der Waals surface area contributed by atoms with Gasteiger partial charge in [-0.3, -0.25) is 9.78 Å². The summed E-state index contributed by atoms with van der Waals surface area (Å²) in [6.45, 7) is 3.83. The molecule has 0 unspecified atom stereocenters. The number of ether oxygens (including phenoxy) is 1. The molecule has 1 aromatic heterocycles. The molecule has 1 aromatic carbocycles. The van der Waals surface area contributed by atoms with Crippen LogP contribution in [0.2, 0.25) is 10.0 Å². The van der Waals surface area contributed by atoms with E-state index < -0.39 is 0 Å². The number of rotatable bonds is 4. The number of anilines is 1. The van der Waals surface area contributed by atoms with Crippen LogP contribution in [0.15, 0.2) is 36.7 Å². The largest absolute Gasteiger partial charge is 0.489 e.